The molecule has 1 aliphatic rings. The molecular weight excluding hydrogens is 353 g/mol. The Balaban J connectivity index is 1.97. The third-order valence-corrected chi connectivity index (χ3v) is 5.31. The molecule has 2 aromatic rings. The van der Waals surface area contributed by atoms with E-state index in [2.05, 4.69) is 0 Å². The molecule has 4 nitrogen and oxygen atoms in total. The molecule has 25 heavy (non-hydrogen) atoms. The molecule has 0 spiro atoms. The summed E-state index contributed by atoms with van der Waals surface area (Å²) < 4.78 is 62.6. The van der Waals surface area contributed by atoms with Crippen LogP contribution in [0.15, 0.2) is 47.4 Å². The van der Waals surface area contributed by atoms with Gasteiger partial charge in [-0.25, -0.2) is 13.6 Å². The zero-order valence-corrected chi connectivity index (χ0v) is 14.2. The SMILES string of the molecule is CC1Cc2cc(S(N)(=O)=O)ccc2N1Cc1ccccc1C(F)(F)F. The molecule has 2 N–H and O–H groups in total. The predicted octanol–water partition coefficient (Wildman–Crippen LogP) is 3.30. The first-order valence-corrected chi connectivity index (χ1v) is 9.19. The molecule has 1 heterocycles. The van der Waals surface area contributed by atoms with Gasteiger partial charge >= 0.3 is 6.18 Å². The Kier molecular flexibility index (Phi) is 4.28. The fraction of sp³-hybridized carbons (Fsp3) is 0.294. The van der Waals surface area contributed by atoms with Gasteiger partial charge in [-0.05, 0) is 48.7 Å². The van der Waals surface area contributed by atoms with E-state index in [9.17, 15) is 21.6 Å². The van der Waals surface area contributed by atoms with Crippen molar-refractivity contribution in [2.45, 2.75) is 37.0 Å². The van der Waals surface area contributed by atoms with Crippen LogP contribution in [0.25, 0.3) is 0 Å². The van der Waals surface area contributed by atoms with Crippen molar-refractivity contribution in [3.63, 3.8) is 0 Å². The number of alkyl halides is 3. The van der Waals surface area contributed by atoms with Crippen molar-refractivity contribution < 1.29 is 21.6 Å². The van der Waals surface area contributed by atoms with Crippen LogP contribution in [-0.4, -0.2) is 14.5 Å². The summed E-state index contributed by atoms with van der Waals surface area (Å²) in [6.07, 6.45) is -3.87. The van der Waals surface area contributed by atoms with Crippen LogP contribution in [-0.2, 0) is 29.2 Å². The van der Waals surface area contributed by atoms with E-state index in [-0.39, 0.29) is 23.0 Å². The smallest absolute Gasteiger partial charge is 0.364 e. The highest BCUT2D eigenvalue weighted by Gasteiger charge is 2.35. The third kappa shape index (κ3) is 3.50. The summed E-state index contributed by atoms with van der Waals surface area (Å²) in [6.45, 7) is 1.99. The first-order valence-electron chi connectivity index (χ1n) is 7.65. The standard InChI is InChI=1S/C17H17F3N2O2S/c1-11-8-13-9-14(25(21,23)24)6-7-16(13)22(11)10-12-4-2-3-5-15(12)17(18,19)20/h2-7,9,11H,8,10H2,1H3,(H2,21,23,24). The average molecular weight is 370 g/mol. The number of nitrogens with two attached hydrogens (primary N) is 1. The van der Waals surface area contributed by atoms with Gasteiger partial charge in [0.05, 0.1) is 10.5 Å². The minimum atomic E-state index is -4.42. The minimum Gasteiger partial charge on any atom is -0.364 e. The minimum absolute atomic E-state index is 0.0102. The van der Waals surface area contributed by atoms with Gasteiger partial charge in [-0.3, -0.25) is 0 Å². The van der Waals surface area contributed by atoms with Crippen molar-refractivity contribution in [1.82, 2.24) is 0 Å². The summed E-state index contributed by atoms with van der Waals surface area (Å²) in [7, 11) is -3.81. The summed E-state index contributed by atoms with van der Waals surface area (Å²) in [6, 6.07) is 9.92. The second-order valence-electron chi connectivity index (χ2n) is 6.17. The van der Waals surface area contributed by atoms with E-state index in [4.69, 9.17) is 5.14 Å². The molecule has 1 aliphatic heterocycles. The summed E-state index contributed by atoms with van der Waals surface area (Å²) >= 11 is 0. The molecule has 8 heteroatoms. The third-order valence-electron chi connectivity index (χ3n) is 4.40. The van der Waals surface area contributed by atoms with Crippen LogP contribution >= 0.6 is 0 Å². The number of nitrogens with zero attached hydrogens (tertiary/aromatic N) is 1. The maximum absolute atomic E-state index is 13.2. The van der Waals surface area contributed by atoms with Crippen molar-refractivity contribution in [3.05, 3.63) is 59.2 Å². The Morgan fingerprint density at radius 3 is 2.52 bits per heavy atom. The molecule has 0 saturated heterocycles. The van der Waals surface area contributed by atoms with E-state index in [1.165, 1.54) is 24.3 Å². The van der Waals surface area contributed by atoms with E-state index in [0.29, 0.717) is 6.42 Å². The number of benzene rings is 2. The van der Waals surface area contributed by atoms with Gasteiger partial charge in [-0.2, -0.15) is 13.2 Å². The Morgan fingerprint density at radius 2 is 1.88 bits per heavy atom. The van der Waals surface area contributed by atoms with Gasteiger partial charge in [-0.15, -0.1) is 0 Å². The van der Waals surface area contributed by atoms with Crippen LogP contribution in [0.3, 0.4) is 0 Å². The molecule has 0 fully saturated rings. The van der Waals surface area contributed by atoms with Gasteiger partial charge in [-0.1, -0.05) is 18.2 Å². The van der Waals surface area contributed by atoms with Crippen molar-refractivity contribution in [2.24, 2.45) is 5.14 Å². The van der Waals surface area contributed by atoms with E-state index in [1.54, 1.807) is 12.1 Å². The number of halogens is 3. The molecule has 0 amide bonds. The molecule has 0 bridgehead atoms. The molecule has 1 atom stereocenters. The number of rotatable bonds is 3. The predicted molar refractivity (Wildman–Crippen MR) is 88.6 cm³/mol. The molecule has 0 radical (unpaired) electrons. The molecular formula is C17H17F3N2O2S. The highest BCUT2D eigenvalue weighted by molar-refractivity contribution is 7.89. The van der Waals surface area contributed by atoms with E-state index in [0.717, 1.165) is 17.3 Å². The Morgan fingerprint density at radius 1 is 1.20 bits per heavy atom. The van der Waals surface area contributed by atoms with Gasteiger partial charge in [0.1, 0.15) is 0 Å². The fourth-order valence-corrected chi connectivity index (χ4v) is 3.77. The van der Waals surface area contributed by atoms with Gasteiger partial charge < -0.3 is 4.90 Å². The summed E-state index contributed by atoms with van der Waals surface area (Å²) in [5.74, 6) is 0. The molecule has 0 aromatic heterocycles. The van der Waals surface area contributed by atoms with Gasteiger partial charge in [0.25, 0.3) is 0 Å². The first kappa shape index (κ1) is 17.8. The number of hydrogen-bond acceptors (Lipinski definition) is 3. The van der Waals surface area contributed by atoms with Crippen LogP contribution in [0.4, 0.5) is 18.9 Å². The van der Waals surface area contributed by atoms with Gasteiger partial charge in [0.2, 0.25) is 10.0 Å². The van der Waals surface area contributed by atoms with Crippen molar-refractivity contribution in [3.8, 4) is 0 Å². The van der Waals surface area contributed by atoms with Crippen molar-refractivity contribution in [2.75, 3.05) is 4.90 Å². The highest BCUT2D eigenvalue weighted by atomic mass is 32.2. The summed E-state index contributed by atoms with van der Waals surface area (Å²) in [5, 5.41) is 5.15. The second-order valence-corrected chi connectivity index (χ2v) is 7.73. The molecule has 0 saturated carbocycles. The number of anilines is 1. The largest absolute Gasteiger partial charge is 0.416 e. The number of primary sulfonamides is 1. The van der Waals surface area contributed by atoms with E-state index in [1.807, 2.05) is 11.8 Å². The van der Waals surface area contributed by atoms with Crippen molar-refractivity contribution >= 4 is 15.7 Å². The second kappa shape index (κ2) is 6.03. The monoisotopic (exact) mass is 370 g/mol. The number of fused-ring (bicyclic) bond motifs is 1. The molecule has 1 unspecified atom stereocenters. The van der Waals surface area contributed by atoms with Gasteiger partial charge in [0.15, 0.2) is 0 Å². The van der Waals surface area contributed by atoms with Crippen LogP contribution in [0.2, 0.25) is 0 Å². The van der Waals surface area contributed by atoms with Crippen LogP contribution in [0.5, 0.6) is 0 Å². The normalized spacial score (nSPS) is 17.6. The Bertz CT molecular complexity index is 910. The molecule has 3 rings (SSSR count). The average Bonchev–Trinajstić information content (AvgIpc) is 2.81. The van der Waals surface area contributed by atoms with E-state index < -0.39 is 21.8 Å². The topological polar surface area (TPSA) is 63.4 Å². The molecule has 0 aliphatic carbocycles. The highest BCUT2D eigenvalue weighted by Crippen LogP contribution is 2.37. The number of sulfonamides is 1. The maximum Gasteiger partial charge on any atom is 0.416 e. The van der Waals surface area contributed by atoms with Crippen LogP contribution in [0.1, 0.15) is 23.6 Å². The lowest BCUT2D eigenvalue weighted by atomic mass is 10.1. The lowest BCUT2D eigenvalue weighted by Crippen LogP contribution is -2.29. The van der Waals surface area contributed by atoms with Crippen molar-refractivity contribution in [1.29, 1.82) is 0 Å². The van der Waals surface area contributed by atoms with Gasteiger partial charge in [0, 0.05) is 18.3 Å². The number of hydrogen-bond donors (Lipinski definition) is 1. The summed E-state index contributed by atoms with van der Waals surface area (Å²) in [4.78, 5) is 1.86. The Labute approximate surface area is 144 Å². The lowest BCUT2D eigenvalue weighted by Gasteiger charge is -2.26. The molecule has 2 aromatic carbocycles. The summed E-state index contributed by atoms with van der Waals surface area (Å²) in [5.41, 5.74) is 1.03. The van der Waals surface area contributed by atoms with Crippen LogP contribution < -0.4 is 10.0 Å². The molecule has 134 valence electrons. The van der Waals surface area contributed by atoms with E-state index >= 15 is 0 Å². The van der Waals surface area contributed by atoms with Crippen LogP contribution in [0, 0.1) is 0 Å². The first-order chi connectivity index (χ1) is 11.6. The lowest BCUT2D eigenvalue weighted by molar-refractivity contribution is -0.138. The zero-order chi connectivity index (χ0) is 18.4. The Hall–Kier alpha value is -2.06. The maximum atomic E-state index is 13.2. The zero-order valence-electron chi connectivity index (χ0n) is 13.4. The fourth-order valence-electron chi connectivity index (χ4n) is 3.21. The quantitative estimate of drug-likeness (QED) is 0.902.